The van der Waals surface area contributed by atoms with Crippen LogP contribution in [0.4, 0.5) is 20.2 Å². The molecule has 0 fully saturated rings. The van der Waals surface area contributed by atoms with Crippen molar-refractivity contribution in [2.24, 2.45) is 0 Å². The summed E-state index contributed by atoms with van der Waals surface area (Å²) in [6.07, 6.45) is 0. The second-order valence-electron chi connectivity index (χ2n) is 5.78. The first-order chi connectivity index (χ1) is 12.9. The van der Waals surface area contributed by atoms with Gasteiger partial charge in [-0.2, -0.15) is 0 Å². The van der Waals surface area contributed by atoms with Gasteiger partial charge in [-0.05, 0) is 43.3 Å². The third-order valence-electron chi connectivity index (χ3n) is 3.73. The Morgan fingerprint density at radius 2 is 1.30 bits per heavy atom. The fourth-order valence-corrected chi connectivity index (χ4v) is 2.31. The predicted molar refractivity (Wildman–Crippen MR) is 97.7 cm³/mol. The number of para-hydroxylation sites is 1. The van der Waals surface area contributed by atoms with Gasteiger partial charge in [-0.1, -0.05) is 29.8 Å². The van der Waals surface area contributed by atoms with Crippen LogP contribution in [0.5, 0.6) is 0 Å². The van der Waals surface area contributed by atoms with Crippen LogP contribution in [0, 0.1) is 18.6 Å². The lowest BCUT2D eigenvalue weighted by molar-refractivity contribution is 0.101. The lowest BCUT2D eigenvalue weighted by Crippen LogP contribution is -2.19. The SMILES string of the molecule is Cc1ccc(NC(=O)c2cccc(C(=O)Nc3c(F)cccc3F)n2)cc1. The monoisotopic (exact) mass is 367 g/mol. The molecular formula is C20H15F2N3O2. The number of pyridine rings is 1. The summed E-state index contributed by atoms with van der Waals surface area (Å²) in [6, 6.07) is 14.6. The standard InChI is InChI=1S/C20H15F2N3O2/c1-12-8-10-13(11-9-12)23-19(26)16-6-3-7-17(24-16)20(27)25-18-14(21)4-2-5-15(18)22/h2-11H,1H3,(H,23,26)(H,25,27). The van der Waals surface area contributed by atoms with E-state index in [2.05, 4.69) is 15.6 Å². The Labute approximate surface area is 154 Å². The van der Waals surface area contributed by atoms with Crippen molar-refractivity contribution in [3.63, 3.8) is 0 Å². The van der Waals surface area contributed by atoms with Crippen LogP contribution in [0.1, 0.15) is 26.5 Å². The largest absolute Gasteiger partial charge is 0.321 e. The molecule has 7 heteroatoms. The molecule has 0 bridgehead atoms. The quantitative estimate of drug-likeness (QED) is 0.727. The maximum Gasteiger partial charge on any atom is 0.274 e. The molecule has 0 spiro atoms. The van der Waals surface area contributed by atoms with Crippen molar-refractivity contribution in [3.8, 4) is 0 Å². The Balaban J connectivity index is 1.77. The zero-order chi connectivity index (χ0) is 19.4. The highest BCUT2D eigenvalue weighted by Crippen LogP contribution is 2.19. The van der Waals surface area contributed by atoms with Gasteiger partial charge in [0.25, 0.3) is 11.8 Å². The van der Waals surface area contributed by atoms with Crippen molar-refractivity contribution in [1.82, 2.24) is 4.98 Å². The molecule has 0 saturated heterocycles. The zero-order valence-corrected chi connectivity index (χ0v) is 14.3. The van der Waals surface area contributed by atoms with Crippen molar-refractivity contribution in [2.75, 3.05) is 10.6 Å². The smallest absolute Gasteiger partial charge is 0.274 e. The number of benzene rings is 2. The number of rotatable bonds is 4. The summed E-state index contributed by atoms with van der Waals surface area (Å²) in [7, 11) is 0. The lowest BCUT2D eigenvalue weighted by atomic mass is 10.2. The van der Waals surface area contributed by atoms with Crippen LogP contribution in [-0.4, -0.2) is 16.8 Å². The molecular weight excluding hydrogens is 352 g/mol. The van der Waals surface area contributed by atoms with Gasteiger partial charge in [0.1, 0.15) is 28.7 Å². The van der Waals surface area contributed by atoms with Crippen LogP contribution < -0.4 is 10.6 Å². The minimum Gasteiger partial charge on any atom is -0.321 e. The summed E-state index contributed by atoms with van der Waals surface area (Å²) in [6.45, 7) is 1.92. The third-order valence-corrected chi connectivity index (χ3v) is 3.73. The zero-order valence-electron chi connectivity index (χ0n) is 14.3. The summed E-state index contributed by atoms with van der Waals surface area (Å²) in [5.41, 5.74) is 0.908. The molecule has 0 radical (unpaired) electrons. The van der Waals surface area contributed by atoms with Gasteiger partial charge in [-0.3, -0.25) is 9.59 Å². The van der Waals surface area contributed by atoms with E-state index in [9.17, 15) is 18.4 Å². The topological polar surface area (TPSA) is 71.1 Å². The minimum atomic E-state index is -0.906. The van der Waals surface area contributed by atoms with Crippen molar-refractivity contribution in [1.29, 1.82) is 0 Å². The molecule has 3 aromatic rings. The molecule has 0 aliphatic heterocycles. The second kappa shape index (κ2) is 7.74. The van der Waals surface area contributed by atoms with E-state index in [-0.39, 0.29) is 11.4 Å². The molecule has 0 saturated carbocycles. The summed E-state index contributed by atoms with van der Waals surface area (Å²) in [4.78, 5) is 28.5. The van der Waals surface area contributed by atoms with Crippen LogP contribution >= 0.6 is 0 Å². The molecule has 1 heterocycles. The molecule has 136 valence electrons. The van der Waals surface area contributed by atoms with E-state index in [0.29, 0.717) is 5.69 Å². The van der Waals surface area contributed by atoms with E-state index in [0.717, 1.165) is 17.7 Å². The first-order valence-corrected chi connectivity index (χ1v) is 8.04. The van der Waals surface area contributed by atoms with Crippen LogP contribution in [0.3, 0.4) is 0 Å². The molecule has 2 aromatic carbocycles. The van der Waals surface area contributed by atoms with Gasteiger partial charge in [0.15, 0.2) is 0 Å². The first kappa shape index (κ1) is 18.2. The third kappa shape index (κ3) is 4.33. The van der Waals surface area contributed by atoms with E-state index in [1.807, 2.05) is 19.1 Å². The van der Waals surface area contributed by atoms with Crippen molar-refractivity contribution < 1.29 is 18.4 Å². The van der Waals surface area contributed by atoms with E-state index in [4.69, 9.17) is 0 Å². The number of anilines is 2. The lowest BCUT2D eigenvalue weighted by Gasteiger charge is -2.09. The number of nitrogens with one attached hydrogen (secondary N) is 2. The van der Waals surface area contributed by atoms with Gasteiger partial charge in [0.05, 0.1) is 0 Å². The minimum absolute atomic E-state index is 0.00256. The van der Waals surface area contributed by atoms with E-state index < -0.39 is 29.1 Å². The molecule has 2 N–H and O–H groups in total. The number of nitrogens with zero attached hydrogens (tertiary/aromatic N) is 1. The van der Waals surface area contributed by atoms with E-state index in [1.165, 1.54) is 24.3 Å². The number of carbonyl (C=O) groups is 2. The van der Waals surface area contributed by atoms with Gasteiger partial charge in [0, 0.05) is 5.69 Å². The molecule has 0 unspecified atom stereocenters. The van der Waals surface area contributed by atoms with Gasteiger partial charge in [0.2, 0.25) is 0 Å². The van der Waals surface area contributed by atoms with Crippen molar-refractivity contribution >= 4 is 23.2 Å². The maximum absolute atomic E-state index is 13.7. The number of carbonyl (C=O) groups excluding carboxylic acids is 2. The molecule has 5 nitrogen and oxygen atoms in total. The van der Waals surface area contributed by atoms with Gasteiger partial charge >= 0.3 is 0 Å². The van der Waals surface area contributed by atoms with Crippen molar-refractivity contribution in [3.05, 3.63) is 89.2 Å². The number of halogens is 2. The molecule has 0 aliphatic carbocycles. The summed E-state index contributed by atoms with van der Waals surface area (Å²) >= 11 is 0. The number of aromatic nitrogens is 1. The molecule has 2 amide bonds. The molecule has 27 heavy (non-hydrogen) atoms. The number of hydrogen-bond acceptors (Lipinski definition) is 3. The number of amides is 2. The Morgan fingerprint density at radius 1 is 0.778 bits per heavy atom. The van der Waals surface area contributed by atoms with Crippen LogP contribution in [0.2, 0.25) is 0 Å². The fourth-order valence-electron chi connectivity index (χ4n) is 2.31. The van der Waals surface area contributed by atoms with Crippen molar-refractivity contribution in [2.45, 2.75) is 6.92 Å². The van der Waals surface area contributed by atoms with E-state index >= 15 is 0 Å². The van der Waals surface area contributed by atoms with Crippen LogP contribution in [0.25, 0.3) is 0 Å². The van der Waals surface area contributed by atoms with Gasteiger partial charge in [-0.25, -0.2) is 13.8 Å². The highest BCUT2D eigenvalue weighted by molar-refractivity contribution is 6.06. The summed E-state index contributed by atoms with van der Waals surface area (Å²) in [5.74, 6) is -3.15. The highest BCUT2D eigenvalue weighted by atomic mass is 19.1. The summed E-state index contributed by atoms with van der Waals surface area (Å²) < 4.78 is 27.3. The fraction of sp³-hybridized carbons (Fsp3) is 0.0500. The first-order valence-electron chi connectivity index (χ1n) is 8.04. The average molecular weight is 367 g/mol. The highest BCUT2D eigenvalue weighted by Gasteiger charge is 2.16. The predicted octanol–water partition coefficient (Wildman–Crippen LogP) is 4.17. The van der Waals surface area contributed by atoms with Crippen LogP contribution in [0.15, 0.2) is 60.7 Å². The Kier molecular flexibility index (Phi) is 5.21. The molecule has 0 atom stereocenters. The van der Waals surface area contributed by atoms with Gasteiger partial charge in [-0.15, -0.1) is 0 Å². The van der Waals surface area contributed by atoms with Crippen LogP contribution in [-0.2, 0) is 0 Å². The number of hydrogen-bond donors (Lipinski definition) is 2. The molecule has 0 aliphatic rings. The summed E-state index contributed by atoms with van der Waals surface area (Å²) in [5, 5.41) is 4.80. The maximum atomic E-state index is 13.7. The molecule has 1 aromatic heterocycles. The van der Waals surface area contributed by atoms with Gasteiger partial charge < -0.3 is 10.6 Å². The number of aryl methyl sites for hydroxylation is 1. The Morgan fingerprint density at radius 3 is 1.89 bits per heavy atom. The molecule has 3 rings (SSSR count). The Bertz CT molecular complexity index is 984. The Hall–Kier alpha value is -3.61. The van der Waals surface area contributed by atoms with E-state index in [1.54, 1.807) is 12.1 Å². The second-order valence-corrected chi connectivity index (χ2v) is 5.78. The average Bonchev–Trinajstić information content (AvgIpc) is 2.66. The normalized spacial score (nSPS) is 10.3.